The van der Waals surface area contributed by atoms with Crippen molar-refractivity contribution in [1.29, 1.82) is 0 Å². The number of hydrogen-bond donors (Lipinski definition) is 1. The molecule has 1 aliphatic rings. The summed E-state index contributed by atoms with van der Waals surface area (Å²) in [6, 6.07) is 11.8. The van der Waals surface area contributed by atoms with Crippen LogP contribution in [0.2, 0.25) is 0 Å². The molecule has 0 spiro atoms. The summed E-state index contributed by atoms with van der Waals surface area (Å²) < 4.78 is 1.74. The van der Waals surface area contributed by atoms with E-state index in [0.717, 1.165) is 33.6 Å². The van der Waals surface area contributed by atoms with Gasteiger partial charge in [-0.1, -0.05) is 18.2 Å². The van der Waals surface area contributed by atoms with E-state index in [4.69, 9.17) is 0 Å². The first-order valence-electron chi connectivity index (χ1n) is 9.84. The second-order valence-electron chi connectivity index (χ2n) is 8.00. The summed E-state index contributed by atoms with van der Waals surface area (Å²) in [7, 11) is 0. The van der Waals surface area contributed by atoms with Gasteiger partial charge in [-0.25, -0.2) is 4.68 Å². The van der Waals surface area contributed by atoms with E-state index in [1.165, 1.54) is 5.56 Å². The van der Waals surface area contributed by atoms with Crippen LogP contribution >= 0.6 is 0 Å². The molecular formula is C24H25N3O2. The predicted octanol–water partition coefficient (Wildman–Crippen LogP) is 4.72. The average molecular weight is 387 g/mol. The first kappa shape index (κ1) is 19.1. The van der Waals surface area contributed by atoms with Gasteiger partial charge in [0.1, 0.15) is 5.82 Å². The number of carbonyl (C=O) groups excluding carboxylic acids is 2. The molecule has 0 aliphatic carbocycles. The molecule has 5 heteroatoms. The number of carbonyl (C=O) groups is 2. The molecule has 148 valence electrons. The topological polar surface area (TPSA) is 64.0 Å². The summed E-state index contributed by atoms with van der Waals surface area (Å²) >= 11 is 0. The zero-order chi connectivity index (χ0) is 20.9. The third-order valence-corrected chi connectivity index (χ3v) is 5.95. The highest BCUT2D eigenvalue weighted by Crippen LogP contribution is 2.38. The monoisotopic (exact) mass is 387 g/mol. The van der Waals surface area contributed by atoms with Gasteiger partial charge in [0.25, 0.3) is 0 Å². The highest BCUT2D eigenvalue weighted by Gasteiger charge is 2.36. The van der Waals surface area contributed by atoms with Crippen molar-refractivity contribution in [3.8, 4) is 5.69 Å². The minimum atomic E-state index is -0.527. The van der Waals surface area contributed by atoms with E-state index in [-0.39, 0.29) is 18.1 Å². The molecular weight excluding hydrogens is 362 g/mol. The van der Waals surface area contributed by atoms with Crippen LogP contribution in [0, 0.1) is 34.6 Å². The van der Waals surface area contributed by atoms with Crippen molar-refractivity contribution in [3.05, 3.63) is 75.5 Å². The number of amides is 1. The lowest BCUT2D eigenvalue weighted by atomic mass is 9.85. The summed E-state index contributed by atoms with van der Waals surface area (Å²) in [6.45, 7) is 10.0. The molecule has 3 aromatic rings. The summed E-state index contributed by atoms with van der Waals surface area (Å²) in [6.07, 6.45) is 0.137. The third-order valence-electron chi connectivity index (χ3n) is 5.95. The molecule has 0 bridgehead atoms. The second kappa shape index (κ2) is 6.99. The Morgan fingerprint density at radius 2 is 1.62 bits per heavy atom. The minimum Gasteiger partial charge on any atom is -0.310 e. The van der Waals surface area contributed by atoms with Gasteiger partial charge in [-0.05, 0) is 75.1 Å². The molecule has 29 heavy (non-hydrogen) atoms. The van der Waals surface area contributed by atoms with Crippen LogP contribution in [-0.2, 0) is 4.79 Å². The van der Waals surface area contributed by atoms with E-state index in [9.17, 15) is 9.59 Å². The van der Waals surface area contributed by atoms with Crippen molar-refractivity contribution in [2.45, 2.75) is 47.0 Å². The van der Waals surface area contributed by atoms with E-state index in [2.05, 4.69) is 17.3 Å². The summed E-state index contributed by atoms with van der Waals surface area (Å²) in [5.41, 5.74) is 7.63. The van der Waals surface area contributed by atoms with Crippen LogP contribution < -0.4 is 5.32 Å². The van der Waals surface area contributed by atoms with Gasteiger partial charge in [0.2, 0.25) is 5.91 Å². The maximum Gasteiger partial charge on any atom is 0.226 e. The van der Waals surface area contributed by atoms with Crippen molar-refractivity contribution in [2.75, 3.05) is 5.32 Å². The van der Waals surface area contributed by atoms with Gasteiger partial charge >= 0.3 is 0 Å². The lowest BCUT2D eigenvalue weighted by Gasteiger charge is -2.23. The Kier molecular flexibility index (Phi) is 4.61. The van der Waals surface area contributed by atoms with Crippen molar-refractivity contribution < 1.29 is 9.59 Å². The Hall–Kier alpha value is -3.21. The number of aromatic nitrogens is 2. The maximum atomic E-state index is 13.4. The number of nitrogens with one attached hydrogen (secondary N) is 1. The number of anilines is 1. The number of aryl methyl sites for hydroxylation is 5. The normalized spacial score (nSPS) is 15.8. The van der Waals surface area contributed by atoms with E-state index in [0.29, 0.717) is 11.4 Å². The summed E-state index contributed by atoms with van der Waals surface area (Å²) in [5, 5.41) is 7.62. The van der Waals surface area contributed by atoms with E-state index < -0.39 is 5.92 Å². The van der Waals surface area contributed by atoms with Gasteiger partial charge in [0.15, 0.2) is 5.78 Å². The summed E-state index contributed by atoms with van der Waals surface area (Å²) in [5.74, 6) is -0.123. The van der Waals surface area contributed by atoms with Gasteiger partial charge in [-0.3, -0.25) is 9.59 Å². The van der Waals surface area contributed by atoms with Crippen molar-refractivity contribution in [1.82, 2.24) is 9.78 Å². The van der Waals surface area contributed by atoms with Crippen LogP contribution in [0.25, 0.3) is 5.69 Å². The molecule has 2 heterocycles. The molecule has 1 aromatic heterocycles. The lowest BCUT2D eigenvalue weighted by molar-refractivity contribution is -0.116. The Morgan fingerprint density at radius 1 is 0.966 bits per heavy atom. The van der Waals surface area contributed by atoms with E-state index in [1.54, 1.807) is 4.68 Å². The molecule has 1 atom stereocenters. The fraction of sp³-hybridized carbons (Fsp3) is 0.292. The first-order valence-corrected chi connectivity index (χ1v) is 9.84. The fourth-order valence-electron chi connectivity index (χ4n) is 3.91. The van der Waals surface area contributed by atoms with E-state index in [1.807, 2.05) is 64.1 Å². The molecule has 5 nitrogen and oxygen atoms in total. The van der Waals surface area contributed by atoms with Crippen LogP contribution in [0.5, 0.6) is 0 Å². The van der Waals surface area contributed by atoms with Gasteiger partial charge in [-0.15, -0.1) is 0 Å². The molecule has 0 fully saturated rings. The van der Waals surface area contributed by atoms with Crippen LogP contribution in [0.15, 0.2) is 36.4 Å². The Balaban J connectivity index is 1.82. The Bertz CT molecular complexity index is 1160. The molecule has 0 radical (unpaired) electrons. The van der Waals surface area contributed by atoms with Crippen molar-refractivity contribution in [3.63, 3.8) is 0 Å². The maximum absolute atomic E-state index is 13.4. The smallest absolute Gasteiger partial charge is 0.226 e. The molecule has 1 aliphatic heterocycles. The Morgan fingerprint density at radius 3 is 2.28 bits per heavy atom. The minimum absolute atomic E-state index is 0.0352. The highest BCUT2D eigenvalue weighted by atomic mass is 16.2. The summed E-state index contributed by atoms with van der Waals surface area (Å²) in [4.78, 5) is 25.9. The fourth-order valence-corrected chi connectivity index (χ4v) is 3.91. The molecule has 0 saturated heterocycles. The largest absolute Gasteiger partial charge is 0.310 e. The molecule has 1 N–H and O–H groups in total. The molecule has 0 unspecified atom stereocenters. The van der Waals surface area contributed by atoms with Crippen molar-refractivity contribution >= 4 is 17.5 Å². The average Bonchev–Trinajstić information content (AvgIpc) is 3.01. The molecule has 4 rings (SSSR count). The number of rotatable bonds is 3. The van der Waals surface area contributed by atoms with Crippen LogP contribution in [0.1, 0.15) is 56.2 Å². The standard InChI is InChI=1S/C24H25N3O2/c1-13-6-8-18(10-15(13)3)23(29)20-12-21(28)25-24-22(20)17(5)26-27(24)19-9-7-14(2)16(4)11-19/h6-11,20H,12H2,1-5H3,(H,25,28)/t20-/m0/s1. The third kappa shape index (κ3) is 3.27. The van der Waals surface area contributed by atoms with Crippen LogP contribution in [-0.4, -0.2) is 21.5 Å². The van der Waals surface area contributed by atoms with Gasteiger partial charge in [-0.2, -0.15) is 5.10 Å². The highest BCUT2D eigenvalue weighted by molar-refractivity contribution is 6.08. The number of Topliss-reactive ketones (excluding diaryl/α,β-unsaturated/α-hetero) is 1. The molecule has 1 amide bonds. The Labute approximate surface area is 170 Å². The zero-order valence-electron chi connectivity index (χ0n) is 17.5. The second-order valence-corrected chi connectivity index (χ2v) is 8.00. The van der Waals surface area contributed by atoms with Crippen LogP contribution in [0.4, 0.5) is 5.82 Å². The quantitative estimate of drug-likeness (QED) is 0.661. The van der Waals surface area contributed by atoms with Gasteiger partial charge < -0.3 is 5.32 Å². The molecule has 0 saturated carbocycles. The van der Waals surface area contributed by atoms with Gasteiger partial charge in [0.05, 0.1) is 17.3 Å². The number of ketones is 1. The zero-order valence-corrected chi connectivity index (χ0v) is 17.5. The van der Waals surface area contributed by atoms with Crippen LogP contribution in [0.3, 0.4) is 0 Å². The first-order chi connectivity index (χ1) is 13.8. The number of benzene rings is 2. The lowest BCUT2D eigenvalue weighted by Crippen LogP contribution is -2.28. The SMILES string of the molecule is Cc1ccc(C(=O)[C@H]2CC(=O)Nc3c2c(C)nn3-c2ccc(C)c(C)c2)cc1C. The number of fused-ring (bicyclic) bond motifs is 1. The van der Waals surface area contributed by atoms with Gasteiger partial charge in [0, 0.05) is 17.5 Å². The number of nitrogens with zero attached hydrogens (tertiary/aromatic N) is 2. The predicted molar refractivity (Wildman–Crippen MR) is 114 cm³/mol. The van der Waals surface area contributed by atoms with Crippen molar-refractivity contribution in [2.24, 2.45) is 0 Å². The molecule has 2 aromatic carbocycles. The van der Waals surface area contributed by atoms with E-state index >= 15 is 0 Å². The number of hydrogen-bond acceptors (Lipinski definition) is 3.